The summed E-state index contributed by atoms with van der Waals surface area (Å²) in [5.41, 5.74) is 5.63. The van der Waals surface area contributed by atoms with Crippen molar-refractivity contribution in [1.29, 1.82) is 0 Å². The lowest BCUT2D eigenvalue weighted by atomic mass is 10.2. The van der Waals surface area contributed by atoms with Crippen LogP contribution in [0.2, 0.25) is 5.02 Å². The van der Waals surface area contributed by atoms with Gasteiger partial charge in [-0.15, -0.1) is 0 Å². The molecule has 2 heteroatoms. The molecule has 0 saturated heterocycles. The molecule has 0 fully saturated rings. The van der Waals surface area contributed by atoms with Crippen LogP contribution < -0.4 is 5.73 Å². The maximum Gasteiger partial charge on any atom is 0.0435 e. The van der Waals surface area contributed by atoms with E-state index in [-0.39, 0.29) is 0 Å². The topological polar surface area (TPSA) is 26.0 Å². The lowest BCUT2D eigenvalue weighted by Crippen LogP contribution is -1.69. The van der Waals surface area contributed by atoms with E-state index in [4.69, 9.17) is 11.6 Å². The zero-order valence-electron chi connectivity index (χ0n) is 6.26. The molecule has 0 heterocycles. The lowest BCUT2D eigenvalue weighted by Gasteiger charge is -1.90. The van der Waals surface area contributed by atoms with Crippen LogP contribution in [0.1, 0.15) is 5.56 Å². The van der Waals surface area contributed by atoms with E-state index in [0.29, 0.717) is 0 Å². The van der Waals surface area contributed by atoms with Gasteiger partial charge >= 0.3 is 0 Å². The highest BCUT2D eigenvalue weighted by atomic mass is 35.5. The highest BCUT2D eigenvalue weighted by molar-refractivity contribution is 6.31. The first-order chi connectivity index (χ1) is 4.80. The number of aryl methyl sites for hydroxylation is 1. The maximum atomic E-state index is 5.71. The van der Waals surface area contributed by atoms with Gasteiger partial charge in [-0.05, 0) is 25.6 Å². The van der Waals surface area contributed by atoms with E-state index in [1.807, 2.05) is 31.2 Å². The van der Waals surface area contributed by atoms with Gasteiger partial charge < -0.3 is 5.73 Å². The Morgan fingerprint density at radius 1 is 1.20 bits per heavy atom. The average molecular weight is 158 g/mol. The Balaban J connectivity index is 0.000000371. The third kappa shape index (κ3) is 2.85. The molecule has 0 atom stereocenters. The first kappa shape index (κ1) is 9.47. The van der Waals surface area contributed by atoms with E-state index in [0.717, 1.165) is 10.6 Å². The minimum absolute atomic E-state index is 0.840. The fourth-order valence-corrected chi connectivity index (χ4v) is 0.687. The molecule has 1 nitrogen and oxygen atoms in total. The van der Waals surface area contributed by atoms with Crippen LogP contribution in [0.15, 0.2) is 24.3 Å². The smallest absolute Gasteiger partial charge is 0.0435 e. The molecule has 1 aromatic carbocycles. The van der Waals surface area contributed by atoms with Crippen molar-refractivity contribution in [3.05, 3.63) is 34.9 Å². The van der Waals surface area contributed by atoms with Gasteiger partial charge in [-0.1, -0.05) is 29.8 Å². The molecule has 1 aromatic rings. The Morgan fingerprint density at radius 3 is 2.00 bits per heavy atom. The van der Waals surface area contributed by atoms with Crippen LogP contribution >= 0.6 is 11.6 Å². The number of rotatable bonds is 0. The molecule has 0 aromatic heterocycles. The monoisotopic (exact) mass is 157 g/mol. The van der Waals surface area contributed by atoms with Crippen molar-refractivity contribution in [3.63, 3.8) is 0 Å². The Bertz CT molecular complexity index is 165. The van der Waals surface area contributed by atoms with Gasteiger partial charge in [-0.2, -0.15) is 0 Å². The van der Waals surface area contributed by atoms with Crippen molar-refractivity contribution in [3.8, 4) is 0 Å². The van der Waals surface area contributed by atoms with Crippen molar-refractivity contribution >= 4 is 11.6 Å². The number of hydrogen-bond acceptors (Lipinski definition) is 1. The molecule has 0 bridgehead atoms. The third-order valence-corrected chi connectivity index (χ3v) is 1.50. The Morgan fingerprint density at radius 2 is 1.70 bits per heavy atom. The summed E-state index contributed by atoms with van der Waals surface area (Å²) in [7, 11) is 1.50. The molecule has 56 valence electrons. The number of hydrogen-bond donors (Lipinski definition) is 1. The second-order valence-electron chi connectivity index (χ2n) is 1.75. The SMILES string of the molecule is CN.Cc1ccccc1Cl. The van der Waals surface area contributed by atoms with E-state index in [1.165, 1.54) is 7.05 Å². The molecule has 0 aliphatic carbocycles. The van der Waals surface area contributed by atoms with E-state index in [2.05, 4.69) is 5.73 Å². The van der Waals surface area contributed by atoms with Crippen LogP contribution in [0, 0.1) is 6.92 Å². The van der Waals surface area contributed by atoms with Crippen LogP contribution in [0.3, 0.4) is 0 Å². The molecule has 2 N–H and O–H groups in total. The molecule has 0 aliphatic heterocycles. The van der Waals surface area contributed by atoms with Crippen LogP contribution in [-0.4, -0.2) is 7.05 Å². The standard InChI is InChI=1S/C7H7Cl.CH5N/c1-6-4-2-3-5-7(6)8;1-2/h2-5H,1H3;2H2,1H3. The molecule has 0 radical (unpaired) electrons. The normalized spacial score (nSPS) is 8.00. The summed E-state index contributed by atoms with van der Waals surface area (Å²) >= 11 is 5.71. The molecule has 0 unspecified atom stereocenters. The predicted octanol–water partition coefficient (Wildman–Crippen LogP) is 2.22. The zero-order chi connectivity index (χ0) is 7.98. The molecule has 0 spiro atoms. The van der Waals surface area contributed by atoms with Crippen molar-refractivity contribution in [2.45, 2.75) is 6.92 Å². The molecule has 0 aliphatic rings. The van der Waals surface area contributed by atoms with Crippen molar-refractivity contribution in [2.75, 3.05) is 7.05 Å². The summed E-state index contributed by atoms with van der Waals surface area (Å²) in [4.78, 5) is 0. The fraction of sp³-hybridized carbons (Fsp3) is 0.250. The largest absolute Gasteiger partial charge is 0.333 e. The summed E-state index contributed by atoms with van der Waals surface area (Å²) in [5, 5.41) is 0.840. The van der Waals surface area contributed by atoms with Crippen molar-refractivity contribution in [2.24, 2.45) is 5.73 Å². The zero-order valence-corrected chi connectivity index (χ0v) is 7.02. The van der Waals surface area contributed by atoms with Crippen LogP contribution in [0.25, 0.3) is 0 Å². The van der Waals surface area contributed by atoms with Gasteiger partial charge in [0.2, 0.25) is 0 Å². The summed E-state index contributed by atoms with van der Waals surface area (Å²) < 4.78 is 0. The summed E-state index contributed by atoms with van der Waals surface area (Å²) in [6.45, 7) is 1.99. The number of nitrogens with two attached hydrogens (primary N) is 1. The van der Waals surface area contributed by atoms with Gasteiger partial charge in [0.25, 0.3) is 0 Å². The third-order valence-electron chi connectivity index (χ3n) is 1.08. The lowest BCUT2D eigenvalue weighted by molar-refractivity contribution is 1.47. The molecule has 10 heavy (non-hydrogen) atoms. The van der Waals surface area contributed by atoms with Crippen molar-refractivity contribution in [1.82, 2.24) is 0 Å². The van der Waals surface area contributed by atoms with Gasteiger partial charge in [0.1, 0.15) is 0 Å². The van der Waals surface area contributed by atoms with Gasteiger partial charge in [-0.3, -0.25) is 0 Å². The summed E-state index contributed by atoms with van der Waals surface area (Å²) in [6.07, 6.45) is 0. The quantitative estimate of drug-likeness (QED) is 0.614. The molecular formula is C8H12ClN. The van der Waals surface area contributed by atoms with E-state index >= 15 is 0 Å². The van der Waals surface area contributed by atoms with E-state index in [1.54, 1.807) is 0 Å². The van der Waals surface area contributed by atoms with E-state index in [9.17, 15) is 0 Å². The average Bonchev–Trinajstić information content (AvgIpc) is 2.00. The highest BCUT2D eigenvalue weighted by Crippen LogP contribution is 2.11. The van der Waals surface area contributed by atoms with Gasteiger partial charge in [-0.25, -0.2) is 0 Å². The minimum Gasteiger partial charge on any atom is -0.333 e. The minimum atomic E-state index is 0.840. The first-order valence-electron chi connectivity index (χ1n) is 3.09. The number of benzene rings is 1. The van der Waals surface area contributed by atoms with E-state index < -0.39 is 0 Å². The maximum absolute atomic E-state index is 5.71. The predicted molar refractivity (Wildman–Crippen MR) is 46.3 cm³/mol. The Kier molecular flexibility index (Phi) is 4.99. The van der Waals surface area contributed by atoms with Crippen LogP contribution in [0.5, 0.6) is 0 Å². The molecule has 1 rings (SSSR count). The van der Waals surface area contributed by atoms with Crippen LogP contribution in [-0.2, 0) is 0 Å². The summed E-state index contributed by atoms with van der Waals surface area (Å²) in [5.74, 6) is 0. The molecule has 0 saturated carbocycles. The number of halogens is 1. The van der Waals surface area contributed by atoms with Crippen molar-refractivity contribution < 1.29 is 0 Å². The summed E-state index contributed by atoms with van der Waals surface area (Å²) in [6, 6.07) is 7.77. The highest BCUT2D eigenvalue weighted by Gasteiger charge is 1.86. The second kappa shape index (κ2) is 5.27. The van der Waals surface area contributed by atoms with Gasteiger partial charge in [0.05, 0.1) is 0 Å². The second-order valence-corrected chi connectivity index (χ2v) is 2.16. The Hall–Kier alpha value is -0.530. The first-order valence-corrected chi connectivity index (χ1v) is 3.47. The van der Waals surface area contributed by atoms with Gasteiger partial charge in [0.15, 0.2) is 0 Å². The molecule has 0 amide bonds. The fourth-order valence-electron chi connectivity index (χ4n) is 0.551. The van der Waals surface area contributed by atoms with Crippen LogP contribution in [0.4, 0.5) is 0 Å². The molecular weight excluding hydrogens is 146 g/mol. The van der Waals surface area contributed by atoms with Gasteiger partial charge in [0, 0.05) is 5.02 Å². The Labute approximate surface area is 66.8 Å².